The largest absolute Gasteiger partial charge is 0.462 e. The van der Waals surface area contributed by atoms with E-state index in [4.69, 9.17) is 4.42 Å². The first-order valence-electron chi connectivity index (χ1n) is 8.78. The van der Waals surface area contributed by atoms with Gasteiger partial charge in [0, 0.05) is 29.7 Å². The highest BCUT2D eigenvalue weighted by Crippen LogP contribution is 2.27. The number of hydrogen-bond donors (Lipinski definition) is 1. The standard InChI is InChI=1S/C20H12N6O4S/c21-12-13(18(27)22-20-24-23-19(31-20)17-4-2-10-30-17)11-16-3-1-9-25(16)14-5-7-15(8-6-14)26(28)29/h1-11H,(H,22,24,27). The fraction of sp³-hybridized carbons (Fsp3) is 0. The summed E-state index contributed by atoms with van der Waals surface area (Å²) in [5.41, 5.74) is 1.02. The summed E-state index contributed by atoms with van der Waals surface area (Å²) < 4.78 is 6.95. The second-order valence-corrected chi connectivity index (χ2v) is 7.07. The van der Waals surface area contributed by atoms with Crippen LogP contribution >= 0.6 is 11.3 Å². The Hall–Kier alpha value is -4.56. The van der Waals surface area contributed by atoms with Crippen LogP contribution in [0.3, 0.4) is 0 Å². The summed E-state index contributed by atoms with van der Waals surface area (Å²) in [6.45, 7) is 0. The minimum atomic E-state index is -0.638. The van der Waals surface area contributed by atoms with Gasteiger partial charge in [-0.05, 0) is 42.5 Å². The summed E-state index contributed by atoms with van der Waals surface area (Å²) >= 11 is 1.11. The molecular formula is C20H12N6O4S. The number of nitro groups is 1. The average Bonchev–Trinajstić information content (AvgIpc) is 3.53. The van der Waals surface area contributed by atoms with Crippen LogP contribution in [-0.4, -0.2) is 25.6 Å². The Morgan fingerprint density at radius 3 is 2.71 bits per heavy atom. The van der Waals surface area contributed by atoms with E-state index in [1.54, 1.807) is 47.2 Å². The second kappa shape index (κ2) is 8.44. The fourth-order valence-corrected chi connectivity index (χ4v) is 3.42. The number of nitrogens with zero attached hydrogens (tertiary/aromatic N) is 5. The maximum absolute atomic E-state index is 12.6. The number of furan rings is 1. The van der Waals surface area contributed by atoms with Gasteiger partial charge >= 0.3 is 0 Å². The van der Waals surface area contributed by atoms with E-state index in [9.17, 15) is 20.2 Å². The Morgan fingerprint density at radius 1 is 1.23 bits per heavy atom. The zero-order valence-electron chi connectivity index (χ0n) is 15.6. The molecule has 0 saturated heterocycles. The molecule has 11 heteroatoms. The van der Waals surface area contributed by atoms with Crippen LogP contribution in [0, 0.1) is 21.4 Å². The molecule has 3 aromatic heterocycles. The molecule has 0 aliphatic heterocycles. The van der Waals surface area contributed by atoms with Crippen molar-refractivity contribution in [2.24, 2.45) is 0 Å². The quantitative estimate of drug-likeness (QED) is 0.210. The molecule has 10 nitrogen and oxygen atoms in total. The van der Waals surface area contributed by atoms with Gasteiger partial charge in [0.05, 0.1) is 11.2 Å². The number of non-ortho nitro benzene ring substituents is 1. The van der Waals surface area contributed by atoms with Gasteiger partial charge in [0.2, 0.25) is 5.13 Å². The maximum atomic E-state index is 12.6. The van der Waals surface area contributed by atoms with Gasteiger partial charge in [0.25, 0.3) is 11.6 Å². The molecule has 0 atom stereocenters. The first-order valence-corrected chi connectivity index (χ1v) is 9.59. The van der Waals surface area contributed by atoms with E-state index in [2.05, 4.69) is 15.5 Å². The highest BCUT2D eigenvalue weighted by Gasteiger charge is 2.15. The number of rotatable bonds is 6. The molecule has 31 heavy (non-hydrogen) atoms. The third-order valence-corrected chi connectivity index (χ3v) is 5.01. The molecule has 3 heterocycles. The van der Waals surface area contributed by atoms with Gasteiger partial charge < -0.3 is 8.98 Å². The van der Waals surface area contributed by atoms with Crippen molar-refractivity contribution < 1.29 is 14.1 Å². The number of aromatic nitrogens is 3. The molecule has 0 bridgehead atoms. The van der Waals surface area contributed by atoms with E-state index in [1.165, 1.54) is 24.5 Å². The van der Waals surface area contributed by atoms with E-state index >= 15 is 0 Å². The average molecular weight is 432 g/mol. The molecule has 1 N–H and O–H groups in total. The number of nitriles is 1. The van der Waals surface area contributed by atoms with Crippen LogP contribution in [0.4, 0.5) is 10.8 Å². The lowest BCUT2D eigenvalue weighted by Gasteiger charge is -2.07. The van der Waals surface area contributed by atoms with Crippen molar-refractivity contribution in [2.45, 2.75) is 0 Å². The molecule has 0 saturated carbocycles. The molecule has 0 radical (unpaired) electrons. The van der Waals surface area contributed by atoms with E-state index in [0.29, 0.717) is 22.1 Å². The number of carbonyl (C=O) groups is 1. The molecule has 4 aromatic rings. The van der Waals surface area contributed by atoms with Crippen LogP contribution < -0.4 is 5.32 Å². The summed E-state index contributed by atoms with van der Waals surface area (Å²) in [4.78, 5) is 22.9. The van der Waals surface area contributed by atoms with Gasteiger partial charge in [-0.25, -0.2) is 0 Å². The van der Waals surface area contributed by atoms with Gasteiger partial charge in [-0.15, -0.1) is 10.2 Å². The molecule has 0 fully saturated rings. The number of anilines is 1. The first-order chi connectivity index (χ1) is 15.0. The smallest absolute Gasteiger partial charge is 0.269 e. The summed E-state index contributed by atoms with van der Waals surface area (Å²) in [6, 6.07) is 14.7. The number of hydrogen-bond acceptors (Lipinski definition) is 8. The van der Waals surface area contributed by atoms with Crippen LogP contribution in [-0.2, 0) is 4.79 Å². The SMILES string of the molecule is N#CC(=Cc1cccn1-c1ccc([N+](=O)[O-])cc1)C(=O)Nc1nnc(-c2ccco2)s1. The monoisotopic (exact) mass is 432 g/mol. The van der Waals surface area contributed by atoms with E-state index in [0.717, 1.165) is 11.3 Å². The summed E-state index contributed by atoms with van der Waals surface area (Å²) in [5.74, 6) is -0.115. The number of nitro benzene ring substituents is 1. The van der Waals surface area contributed by atoms with E-state index in [1.807, 2.05) is 6.07 Å². The Balaban J connectivity index is 1.55. The van der Waals surface area contributed by atoms with Crippen molar-refractivity contribution in [3.63, 3.8) is 0 Å². The lowest BCUT2D eigenvalue weighted by Crippen LogP contribution is -2.13. The van der Waals surface area contributed by atoms with Crippen molar-refractivity contribution in [1.82, 2.24) is 14.8 Å². The molecule has 0 spiro atoms. The molecule has 4 rings (SSSR count). The van der Waals surface area contributed by atoms with Crippen LogP contribution in [0.5, 0.6) is 0 Å². The Bertz CT molecular complexity index is 1310. The molecule has 152 valence electrons. The predicted octanol–water partition coefficient (Wildman–Crippen LogP) is 4.04. The highest BCUT2D eigenvalue weighted by molar-refractivity contribution is 7.18. The van der Waals surface area contributed by atoms with Gasteiger partial charge in [0.1, 0.15) is 11.6 Å². The van der Waals surface area contributed by atoms with Gasteiger partial charge in [0.15, 0.2) is 10.8 Å². The van der Waals surface area contributed by atoms with Crippen LogP contribution in [0.25, 0.3) is 22.5 Å². The normalized spacial score (nSPS) is 11.1. The van der Waals surface area contributed by atoms with Gasteiger partial charge in [-0.2, -0.15) is 5.26 Å². The lowest BCUT2D eigenvalue weighted by atomic mass is 10.2. The molecule has 1 aromatic carbocycles. The molecular weight excluding hydrogens is 420 g/mol. The van der Waals surface area contributed by atoms with Crippen LogP contribution in [0.15, 0.2) is 71.0 Å². The summed E-state index contributed by atoms with van der Waals surface area (Å²) in [7, 11) is 0. The zero-order valence-corrected chi connectivity index (χ0v) is 16.4. The number of benzene rings is 1. The maximum Gasteiger partial charge on any atom is 0.269 e. The second-order valence-electron chi connectivity index (χ2n) is 6.09. The highest BCUT2D eigenvalue weighted by atomic mass is 32.1. The van der Waals surface area contributed by atoms with Crippen molar-refractivity contribution in [1.29, 1.82) is 5.26 Å². The lowest BCUT2D eigenvalue weighted by molar-refractivity contribution is -0.384. The van der Waals surface area contributed by atoms with Gasteiger partial charge in [-0.3, -0.25) is 20.2 Å². The fourth-order valence-electron chi connectivity index (χ4n) is 2.72. The number of amides is 1. The zero-order chi connectivity index (χ0) is 21.8. The van der Waals surface area contributed by atoms with Crippen molar-refractivity contribution >= 4 is 34.1 Å². The van der Waals surface area contributed by atoms with E-state index in [-0.39, 0.29) is 16.4 Å². The third-order valence-electron chi connectivity index (χ3n) is 4.15. The first kappa shape index (κ1) is 19.7. The molecule has 1 amide bonds. The molecule has 0 unspecified atom stereocenters. The van der Waals surface area contributed by atoms with Crippen LogP contribution in [0.2, 0.25) is 0 Å². The van der Waals surface area contributed by atoms with Gasteiger partial charge in [-0.1, -0.05) is 11.3 Å². The number of carbonyl (C=O) groups excluding carboxylic acids is 1. The molecule has 0 aliphatic rings. The minimum absolute atomic E-state index is 0.0314. The number of nitrogens with one attached hydrogen (secondary N) is 1. The topological polar surface area (TPSA) is 140 Å². The van der Waals surface area contributed by atoms with Crippen LogP contribution in [0.1, 0.15) is 5.69 Å². The summed E-state index contributed by atoms with van der Waals surface area (Å²) in [5, 5.41) is 31.4. The summed E-state index contributed by atoms with van der Waals surface area (Å²) in [6.07, 6.45) is 4.65. The Morgan fingerprint density at radius 2 is 2.03 bits per heavy atom. The third kappa shape index (κ3) is 4.24. The van der Waals surface area contributed by atoms with Crippen molar-refractivity contribution in [3.8, 4) is 22.5 Å². The Kier molecular flexibility index (Phi) is 5.37. The van der Waals surface area contributed by atoms with Crippen molar-refractivity contribution in [2.75, 3.05) is 5.32 Å². The van der Waals surface area contributed by atoms with E-state index < -0.39 is 10.8 Å². The Labute approximate surface area is 178 Å². The van der Waals surface area contributed by atoms with Crippen molar-refractivity contribution in [3.05, 3.63) is 82.4 Å². The predicted molar refractivity (Wildman–Crippen MR) is 112 cm³/mol. The minimum Gasteiger partial charge on any atom is -0.462 e. The molecule has 0 aliphatic carbocycles.